The number of ether oxygens (including phenoxy) is 1. The first-order valence-corrected chi connectivity index (χ1v) is 10.0. The van der Waals surface area contributed by atoms with Crippen molar-refractivity contribution in [3.63, 3.8) is 0 Å². The Bertz CT molecular complexity index is 876. The van der Waals surface area contributed by atoms with Crippen LogP contribution in [0.4, 0.5) is 0 Å². The molecule has 0 spiro atoms. The highest BCUT2D eigenvalue weighted by Crippen LogP contribution is 2.37. The zero-order valence-corrected chi connectivity index (χ0v) is 16.5. The van der Waals surface area contributed by atoms with Crippen LogP contribution in [0.15, 0.2) is 59.0 Å². The second-order valence-electron chi connectivity index (χ2n) is 7.36. The Morgan fingerprint density at radius 1 is 1.00 bits per heavy atom. The summed E-state index contributed by atoms with van der Waals surface area (Å²) in [5.41, 5.74) is 2.27. The molecule has 2 heterocycles. The van der Waals surface area contributed by atoms with Crippen LogP contribution in [0.3, 0.4) is 0 Å². The molecule has 0 amide bonds. The van der Waals surface area contributed by atoms with Crippen LogP contribution in [0.1, 0.15) is 56.1 Å². The molecule has 1 saturated heterocycles. The predicted molar refractivity (Wildman–Crippen MR) is 109 cm³/mol. The van der Waals surface area contributed by atoms with Gasteiger partial charge < -0.3 is 9.15 Å². The second kappa shape index (κ2) is 8.57. The van der Waals surface area contributed by atoms with Crippen molar-refractivity contribution in [2.24, 2.45) is 0 Å². The molecule has 146 valence electrons. The van der Waals surface area contributed by atoms with Gasteiger partial charge in [0.1, 0.15) is 5.75 Å². The number of nitrogens with zero attached hydrogens (tertiary/aromatic N) is 3. The van der Waals surface area contributed by atoms with Crippen molar-refractivity contribution in [2.75, 3.05) is 13.7 Å². The summed E-state index contributed by atoms with van der Waals surface area (Å²) >= 11 is 0. The number of aromatic nitrogens is 2. The van der Waals surface area contributed by atoms with Gasteiger partial charge in [-0.2, -0.15) is 0 Å². The normalized spacial score (nSPS) is 19.1. The molecule has 1 fully saturated rings. The van der Waals surface area contributed by atoms with Crippen molar-refractivity contribution in [1.29, 1.82) is 0 Å². The minimum absolute atomic E-state index is 0.0650. The van der Waals surface area contributed by atoms with Gasteiger partial charge in [0.05, 0.1) is 13.2 Å². The molecule has 28 heavy (non-hydrogen) atoms. The number of methoxy groups -OCH3 is 1. The summed E-state index contributed by atoms with van der Waals surface area (Å²) in [6.07, 6.45) is 4.82. The van der Waals surface area contributed by atoms with Crippen LogP contribution in [0, 0.1) is 0 Å². The lowest BCUT2D eigenvalue weighted by molar-refractivity contribution is 0.127. The maximum Gasteiger partial charge on any atom is 0.247 e. The third-order valence-electron chi connectivity index (χ3n) is 5.61. The average Bonchev–Trinajstić information content (AvgIpc) is 3.12. The fourth-order valence-corrected chi connectivity index (χ4v) is 4.02. The van der Waals surface area contributed by atoms with Crippen molar-refractivity contribution in [3.05, 3.63) is 66.1 Å². The summed E-state index contributed by atoms with van der Waals surface area (Å²) in [5.74, 6) is 2.15. The first-order valence-electron chi connectivity index (χ1n) is 10.0. The van der Waals surface area contributed by atoms with E-state index in [2.05, 4.69) is 34.2 Å². The van der Waals surface area contributed by atoms with Crippen LogP contribution in [0.25, 0.3) is 11.5 Å². The van der Waals surface area contributed by atoms with Gasteiger partial charge in [-0.1, -0.05) is 43.2 Å². The monoisotopic (exact) mass is 377 g/mol. The van der Waals surface area contributed by atoms with Gasteiger partial charge in [0.15, 0.2) is 0 Å². The fourth-order valence-electron chi connectivity index (χ4n) is 4.02. The van der Waals surface area contributed by atoms with Crippen LogP contribution in [0.2, 0.25) is 0 Å². The van der Waals surface area contributed by atoms with Gasteiger partial charge >= 0.3 is 0 Å². The van der Waals surface area contributed by atoms with E-state index in [-0.39, 0.29) is 6.04 Å². The molecule has 1 aliphatic heterocycles. The van der Waals surface area contributed by atoms with E-state index in [0.29, 0.717) is 17.8 Å². The van der Waals surface area contributed by atoms with E-state index in [9.17, 15) is 0 Å². The van der Waals surface area contributed by atoms with Gasteiger partial charge in [-0.15, -0.1) is 10.2 Å². The fraction of sp³-hybridized carbons (Fsp3) is 0.391. The van der Waals surface area contributed by atoms with Crippen molar-refractivity contribution < 1.29 is 9.15 Å². The van der Waals surface area contributed by atoms with Crippen LogP contribution in [0.5, 0.6) is 5.75 Å². The molecular formula is C23H27N3O2. The van der Waals surface area contributed by atoms with E-state index in [1.807, 2.05) is 42.5 Å². The average molecular weight is 377 g/mol. The van der Waals surface area contributed by atoms with E-state index in [1.54, 1.807) is 7.11 Å². The molecule has 2 aromatic carbocycles. The quantitative estimate of drug-likeness (QED) is 0.594. The number of likely N-dealkylation sites (tertiary alicyclic amines) is 1. The third kappa shape index (κ3) is 3.94. The molecule has 0 radical (unpaired) electrons. The SMILES string of the molecule is COc1ccc([C@@H]2CCCCCN2[C@@H](C)c2nnc(-c3ccccc3)o2)cc1. The largest absolute Gasteiger partial charge is 0.497 e. The zero-order chi connectivity index (χ0) is 19.3. The summed E-state index contributed by atoms with van der Waals surface area (Å²) in [4.78, 5) is 2.51. The summed E-state index contributed by atoms with van der Waals surface area (Å²) in [6, 6.07) is 18.8. The molecule has 0 saturated carbocycles. The highest BCUT2D eigenvalue weighted by Gasteiger charge is 2.30. The smallest absolute Gasteiger partial charge is 0.247 e. The molecular weight excluding hydrogens is 350 g/mol. The van der Waals surface area contributed by atoms with Crippen LogP contribution < -0.4 is 4.74 Å². The van der Waals surface area contributed by atoms with E-state index in [1.165, 1.54) is 24.8 Å². The van der Waals surface area contributed by atoms with Gasteiger partial charge in [0.25, 0.3) is 0 Å². The molecule has 0 unspecified atom stereocenters. The number of hydrogen-bond donors (Lipinski definition) is 0. The Morgan fingerprint density at radius 2 is 1.79 bits per heavy atom. The molecule has 2 atom stereocenters. The molecule has 5 heteroatoms. The van der Waals surface area contributed by atoms with E-state index >= 15 is 0 Å². The Labute approximate surface area is 166 Å². The molecule has 1 aliphatic rings. The Kier molecular flexibility index (Phi) is 5.72. The van der Waals surface area contributed by atoms with Gasteiger partial charge in [-0.05, 0) is 56.1 Å². The summed E-state index contributed by atoms with van der Waals surface area (Å²) in [7, 11) is 1.70. The number of hydrogen-bond acceptors (Lipinski definition) is 5. The maximum absolute atomic E-state index is 6.06. The minimum Gasteiger partial charge on any atom is -0.497 e. The number of benzene rings is 2. The van der Waals surface area contributed by atoms with Gasteiger partial charge in [-0.3, -0.25) is 4.90 Å². The molecule has 0 aliphatic carbocycles. The standard InChI is InChI=1S/C23H27N3O2/c1-17(22-24-25-23(28-22)19-9-5-3-6-10-19)26-16-8-4-7-11-21(26)18-12-14-20(27-2)15-13-18/h3,5-6,9-10,12-15,17,21H,4,7-8,11,16H2,1-2H3/t17-,21-/m0/s1. The molecule has 0 N–H and O–H groups in total. The lowest BCUT2D eigenvalue weighted by Crippen LogP contribution is -2.31. The molecule has 1 aromatic heterocycles. The minimum atomic E-state index is 0.0650. The van der Waals surface area contributed by atoms with E-state index < -0.39 is 0 Å². The Balaban J connectivity index is 1.59. The Hall–Kier alpha value is -2.66. The lowest BCUT2D eigenvalue weighted by Gasteiger charge is -2.33. The van der Waals surface area contributed by atoms with Gasteiger partial charge in [0.2, 0.25) is 11.8 Å². The van der Waals surface area contributed by atoms with Crippen LogP contribution in [-0.4, -0.2) is 28.8 Å². The Morgan fingerprint density at radius 3 is 2.54 bits per heavy atom. The van der Waals surface area contributed by atoms with Crippen LogP contribution in [-0.2, 0) is 0 Å². The summed E-state index contributed by atoms with van der Waals surface area (Å²) in [5, 5.41) is 8.66. The van der Waals surface area contributed by atoms with Gasteiger partial charge in [-0.25, -0.2) is 0 Å². The van der Waals surface area contributed by atoms with E-state index in [4.69, 9.17) is 9.15 Å². The highest BCUT2D eigenvalue weighted by molar-refractivity contribution is 5.51. The number of rotatable bonds is 5. The van der Waals surface area contributed by atoms with E-state index in [0.717, 1.165) is 24.3 Å². The van der Waals surface area contributed by atoms with Gasteiger partial charge in [0, 0.05) is 11.6 Å². The van der Waals surface area contributed by atoms with Crippen molar-refractivity contribution >= 4 is 0 Å². The van der Waals surface area contributed by atoms with Crippen molar-refractivity contribution in [2.45, 2.75) is 44.7 Å². The lowest BCUT2D eigenvalue weighted by atomic mass is 9.99. The topological polar surface area (TPSA) is 51.4 Å². The molecule has 3 aromatic rings. The van der Waals surface area contributed by atoms with Crippen molar-refractivity contribution in [3.8, 4) is 17.2 Å². The van der Waals surface area contributed by atoms with Crippen LogP contribution >= 0.6 is 0 Å². The highest BCUT2D eigenvalue weighted by atomic mass is 16.5. The zero-order valence-electron chi connectivity index (χ0n) is 16.5. The first-order chi connectivity index (χ1) is 13.8. The summed E-state index contributed by atoms with van der Waals surface area (Å²) < 4.78 is 11.4. The molecule has 5 nitrogen and oxygen atoms in total. The van der Waals surface area contributed by atoms with Crippen molar-refractivity contribution in [1.82, 2.24) is 15.1 Å². The molecule has 4 rings (SSSR count). The first kappa shape index (κ1) is 18.7. The predicted octanol–water partition coefficient (Wildman–Crippen LogP) is 5.42. The maximum atomic E-state index is 6.06. The summed E-state index contributed by atoms with van der Waals surface area (Å²) in [6.45, 7) is 3.20. The molecule has 0 bridgehead atoms. The third-order valence-corrected chi connectivity index (χ3v) is 5.61. The second-order valence-corrected chi connectivity index (χ2v) is 7.36.